The summed E-state index contributed by atoms with van der Waals surface area (Å²) in [6.45, 7) is 5.31. The first-order valence-corrected chi connectivity index (χ1v) is 8.44. The minimum Gasteiger partial charge on any atom is -0.382 e. The molecule has 6 heteroatoms. The van der Waals surface area contributed by atoms with Crippen LogP contribution in [0.3, 0.4) is 0 Å². The molecule has 1 aliphatic rings. The lowest BCUT2D eigenvalue weighted by Crippen LogP contribution is -2.41. The van der Waals surface area contributed by atoms with Crippen molar-refractivity contribution in [3.8, 4) is 0 Å². The number of halogens is 2. The van der Waals surface area contributed by atoms with Crippen molar-refractivity contribution in [1.29, 1.82) is 0 Å². The van der Waals surface area contributed by atoms with E-state index in [9.17, 15) is 4.39 Å². The summed E-state index contributed by atoms with van der Waals surface area (Å²) < 4.78 is 18.6. The Morgan fingerprint density at radius 3 is 2.75 bits per heavy atom. The maximum Gasteiger partial charge on any atom is 0.191 e. The second-order valence-corrected chi connectivity index (χ2v) is 6.18. The van der Waals surface area contributed by atoms with Gasteiger partial charge in [0.1, 0.15) is 5.82 Å². The van der Waals surface area contributed by atoms with E-state index in [1.807, 2.05) is 13.0 Å². The minimum atomic E-state index is -0.185. The van der Waals surface area contributed by atoms with Gasteiger partial charge in [-0.05, 0) is 55.7 Å². The third-order valence-corrected chi connectivity index (χ3v) is 4.39. The van der Waals surface area contributed by atoms with Crippen LogP contribution in [0.15, 0.2) is 29.3 Å². The van der Waals surface area contributed by atoms with Crippen molar-refractivity contribution in [2.24, 2.45) is 10.4 Å². The molecule has 0 aliphatic heterocycles. The Morgan fingerprint density at radius 2 is 2.12 bits per heavy atom. The molecule has 4 nitrogen and oxygen atoms in total. The van der Waals surface area contributed by atoms with Crippen molar-refractivity contribution in [2.45, 2.75) is 32.6 Å². The maximum atomic E-state index is 13.1. The van der Waals surface area contributed by atoms with Gasteiger partial charge in [-0.3, -0.25) is 4.99 Å². The minimum absolute atomic E-state index is 0. The fourth-order valence-electron chi connectivity index (χ4n) is 2.63. The van der Waals surface area contributed by atoms with Gasteiger partial charge in [-0.2, -0.15) is 0 Å². The number of aliphatic imine (C=N–C) groups is 1. The zero-order valence-electron chi connectivity index (χ0n) is 14.6. The molecule has 1 aromatic carbocycles. The van der Waals surface area contributed by atoms with E-state index in [1.54, 1.807) is 19.2 Å². The molecule has 1 aliphatic carbocycles. The molecule has 0 saturated heterocycles. The molecule has 1 aromatic rings. The van der Waals surface area contributed by atoms with Gasteiger partial charge >= 0.3 is 0 Å². The maximum absolute atomic E-state index is 13.1. The van der Waals surface area contributed by atoms with Gasteiger partial charge in [0.2, 0.25) is 0 Å². The largest absolute Gasteiger partial charge is 0.382 e. The number of rotatable bonds is 9. The predicted molar refractivity (Wildman–Crippen MR) is 108 cm³/mol. The summed E-state index contributed by atoms with van der Waals surface area (Å²) in [5.41, 5.74) is 1.37. The Kier molecular flexibility index (Phi) is 9.58. The smallest absolute Gasteiger partial charge is 0.191 e. The third kappa shape index (κ3) is 7.34. The number of hydrogen-bond donors (Lipinski definition) is 2. The summed E-state index contributed by atoms with van der Waals surface area (Å²) in [6, 6.07) is 6.72. The van der Waals surface area contributed by atoms with Gasteiger partial charge in [-0.1, -0.05) is 12.1 Å². The van der Waals surface area contributed by atoms with E-state index in [1.165, 1.54) is 18.9 Å². The number of benzene rings is 1. The number of hydrogen-bond acceptors (Lipinski definition) is 2. The second kappa shape index (κ2) is 10.9. The number of nitrogens with zero attached hydrogens (tertiary/aromatic N) is 1. The van der Waals surface area contributed by atoms with Crippen molar-refractivity contribution in [3.63, 3.8) is 0 Å². The Balaban J connectivity index is 0.00000288. The monoisotopic (exact) mass is 449 g/mol. The molecule has 0 bridgehead atoms. The van der Waals surface area contributed by atoms with Crippen molar-refractivity contribution >= 4 is 29.9 Å². The van der Waals surface area contributed by atoms with Crippen molar-refractivity contribution in [2.75, 3.05) is 33.4 Å². The standard InChI is InChI=1S/C18H28FN3O.HI/c1-3-23-12-10-18(8-9-18)14-22-17(20-2)21-11-7-15-5-4-6-16(19)13-15;/h4-6,13H,3,7-12,14H2,1-2H3,(H2,20,21,22);1H. The van der Waals surface area contributed by atoms with E-state index >= 15 is 0 Å². The van der Waals surface area contributed by atoms with Crippen LogP contribution in [0.4, 0.5) is 4.39 Å². The Morgan fingerprint density at radius 1 is 1.33 bits per heavy atom. The molecule has 24 heavy (non-hydrogen) atoms. The zero-order chi connectivity index (χ0) is 16.5. The highest BCUT2D eigenvalue weighted by Crippen LogP contribution is 2.48. The number of nitrogens with one attached hydrogen (secondary N) is 2. The van der Waals surface area contributed by atoms with Gasteiger partial charge in [0.15, 0.2) is 5.96 Å². The second-order valence-electron chi connectivity index (χ2n) is 6.18. The fraction of sp³-hybridized carbons (Fsp3) is 0.611. The normalized spacial score (nSPS) is 15.5. The van der Waals surface area contributed by atoms with Crippen LogP contribution in [-0.2, 0) is 11.2 Å². The van der Waals surface area contributed by atoms with E-state index < -0.39 is 0 Å². The van der Waals surface area contributed by atoms with Crippen LogP contribution in [0.2, 0.25) is 0 Å². The molecule has 0 aromatic heterocycles. The summed E-state index contributed by atoms with van der Waals surface area (Å²) in [7, 11) is 1.78. The van der Waals surface area contributed by atoms with E-state index in [2.05, 4.69) is 15.6 Å². The summed E-state index contributed by atoms with van der Waals surface area (Å²) >= 11 is 0. The van der Waals surface area contributed by atoms with E-state index in [-0.39, 0.29) is 29.8 Å². The fourth-order valence-corrected chi connectivity index (χ4v) is 2.63. The molecular formula is C18H29FIN3O. The van der Waals surface area contributed by atoms with E-state index in [0.717, 1.165) is 50.7 Å². The molecular weight excluding hydrogens is 420 g/mol. The van der Waals surface area contributed by atoms with Crippen LogP contribution in [0.25, 0.3) is 0 Å². The molecule has 1 fully saturated rings. The summed E-state index contributed by atoms with van der Waals surface area (Å²) in [5, 5.41) is 6.70. The molecule has 0 atom stereocenters. The Hall–Kier alpha value is -0.890. The lowest BCUT2D eigenvalue weighted by Gasteiger charge is -2.18. The molecule has 0 spiro atoms. The van der Waals surface area contributed by atoms with Crippen LogP contribution < -0.4 is 10.6 Å². The predicted octanol–water partition coefficient (Wildman–Crippen LogP) is 3.36. The van der Waals surface area contributed by atoms with Crippen LogP contribution in [0.1, 0.15) is 31.7 Å². The average molecular weight is 449 g/mol. The van der Waals surface area contributed by atoms with Gasteiger partial charge < -0.3 is 15.4 Å². The number of ether oxygens (including phenoxy) is 1. The first kappa shape index (κ1) is 21.2. The van der Waals surface area contributed by atoms with Gasteiger partial charge in [0.25, 0.3) is 0 Å². The molecule has 0 heterocycles. The highest BCUT2D eigenvalue weighted by molar-refractivity contribution is 14.0. The topological polar surface area (TPSA) is 45.6 Å². The third-order valence-electron chi connectivity index (χ3n) is 4.39. The lowest BCUT2D eigenvalue weighted by atomic mass is 10.0. The average Bonchev–Trinajstić information content (AvgIpc) is 3.31. The molecule has 136 valence electrons. The summed E-state index contributed by atoms with van der Waals surface area (Å²) in [4.78, 5) is 4.25. The molecule has 0 radical (unpaired) electrons. The molecule has 0 amide bonds. The van der Waals surface area contributed by atoms with Crippen molar-refractivity contribution in [1.82, 2.24) is 10.6 Å². The van der Waals surface area contributed by atoms with Crippen LogP contribution in [0.5, 0.6) is 0 Å². The molecule has 0 unspecified atom stereocenters. The highest BCUT2D eigenvalue weighted by atomic mass is 127. The molecule has 1 saturated carbocycles. The lowest BCUT2D eigenvalue weighted by molar-refractivity contribution is 0.128. The van der Waals surface area contributed by atoms with Crippen LogP contribution >= 0.6 is 24.0 Å². The van der Waals surface area contributed by atoms with Crippen molar-refractivity contribution in [3.05, 3.63) is 35.6 Å². The van der Waals surface area contributed by atoms with E-state index in [4.69, 9.17) is 4.74 Å². The van der Waals surface area contributed by atoms with Gasteiger partial charge in [0, 0.05) is 33.4 Å². The van der Waals surface area contributed by atoms with Gasteiger partial charge in [0.05, 0.1) is 0 Å². The quantitative estimate of drug-likeness (QED) is 0.263. The Bertz CT molecular complexity index is 521. The molecule has 2 N–H and O–H groups in total. The van der Waals surface area contributed by atoms with Gasteiger partial charge in [-0.15, -0.1) is 24.0 Å². The summed E-state index contributed by atoms with van der Waals surface area (Å²) in [5.74, 6) is 0.624. The first-order chi connectivity index (χ1) is 11.2. The van der Waals surface area contributed by atoms with E-state index in [0.29, 0.717) is 5.41 Å². The number of guanidine groups is 1. The molecule has 2 rings (SSSR count). The van der Waals surface area contributed by atoms with Crippen molar-refractivity contribution < 1.29 is 9.13 Å². The van der Waals surface area contributed by atoms with Crippen LogP contribution in [0, 0.1) is 11.2 Å². The van der Waals surface area contributed by atoms with Crippen LogP contribution in [-0.4, -0.2) is 39.3 Å². The Labute approximate surface area is 161 Å². The van der Waals surface area contributed by atoms with Gasteiger partial charge in [-0.25, -0.2) is 4.39 Å². The summed E-state index contributed by atoms with van der Waals surface area (Å²) in [6.07, 6.45) is 4.39. The SMILES string of the molecule is CCOCCC1(CNC(=NC)NCCc2cccc(F)c2)CC1.I. The zero-order valence-corrected chi connectivity index (χ0v) is 16.9. The first-order valence-electron chi connectivity index (χ1n) is 8.44. The highest BCUT2D eigenvalue weighted by Gasteiger charge is 2.41.